The van der Waals surface area contributed by atoms with Crippen LogP contribution in [0.3, 0.4) is 0 Å². The molecule has 4 rings (SSSR count). The number of thiazole rings is 1. The van der Waals surface area contributed by atoms with E-state index in [1.807, 2.05) is 23.1 Å². The Morgan fingerprint density at radius 1 is 1.00 bits per heavy atom. The molecule has 7 heteroatoms. The van der Waals surface area contributed by atoms with Crippen LogP contribution in [0, 0.1) is 0 Å². The van der Waals surface area contributed by atoms with Crippen LogP contribution in [0.4, 0.5) is 5.69 Å². The van der Waals surface area contributed by atoms with Crippen LogP contribution in [-0.2, 0) is 6.54 Å². The van der Waals surface area contributed by atoms with E-state index in [4.69, 9.17) is 0 Å². The molecule has 3 aromatic rings. The molecule has 2 aromatic carbocycles. The number of allylic oxidation sites excluding steroid dienone is 2. The maximum atomic E-state index is 3.64. The zero-order chi connectivity index (χ0) is 21.8. The van der Waals surface area contributed by atoms with Crippen molar-refractivity contribution in [3.63, 3.8) is 0 Å². The third kappa shape index (κ3) is 6.01. The van der Waals surface area contributed by atoms with Gasteiger partial charge in [-0.1, -0.05) is 87.7 Å². The normalized spacial score (nSPS) is 14.5. The molecule has 0 fully saturated rings. The molecule has 0 spiro atoms. The van der Waals surface area contributed by atoms with E-state index in [1.54, 1.807) is 0 Å². The Bertz CT molecular complexity index is 1140. The quantitative estimate of drug-likeness (QED) is 0.217. The number of thioether (sulfide) groups is 1. The minimum absolute atomic E-state index is 0. The Morgan fingerprint density at radius 3 is 2.53 bits per heavy atom. The topological polar surface area (TPSA) is 7.12 Å². The molecule has 1 aliphatic heterocycles. The van der Waals surface area contributed by atoms with E-state index in [1.165, 1.54) is 56.5 Å². The van der Waals surface area contributed by atoms with Gasteiger partial charge in [0.1, 0.15) is 4.70 Å². The van der Waals surface area contributed by atoms with Gasteiger partial charge in [-0.2, -0.15) is 4.57 Å². The van der Waals surface area contributed by atoms with Crippen molar-refractivity contribution in [2.24, 2.45) is 0 Å². The molecule has 0 bridgehead atoms. The second kappa shape index (κ2) is 12.4. The van der Waals surface area contributed by atoms with Gasteiger partial charge in [0.05, 0.1) is 10.7 Å². The second-order valence-electron chi connectivity index (χ2n) is 7.64. The molecule has 0 saturated heterocycles. The van der Waals surface area contributed by atoms with Gasteiger partial charge in [-0.05, 0) is 42.8 Å². The summed E-state index contributed by atoms with van der Waals surface area (Å²) < 4.78 is 6.08. The van der Waals surface area contributed by atoms with Gasteiger partial charge >= 0.3 is 0 Å². The second-order valence-corrected chi connectivity index (χ2v) is 11.6. The molecule has 0 unspecified atom stereocenters. The summed E-state index contributed by atoms with van der Waals surface area (Å²) >= 11 is 11.0. The maximum absolute atomic E-state index is 3.64. The summed E-state index contributed by atoms with van der Waals surface area (Å²) in [6.45, 7) is 6.62. The van der Waals surface area contributed by atoms with Crippen LogP contribution in [0.1, 0.15) is 44.5 Å². The number of hydrogen-bond acceptors (Lipinski definition) is 3. The lowest BCUT2D eigenvalue weighted by Gasteiger charge is -2.20. The largest absolute Gasteiger partial charge is 1.00 e. The van der Waals surface area contributed by atoms with Crippen molar-refractivity contribution in [2.45, 2.75) is 51.0 Å². The summed E-state index contributed by atoms with van der Waals surface area (Å²) in [6.07, 6.45) is 11.6. The molecule has 2 heterocycles. The van der Waals surface area contributed by atoms with Crippen LogP contribution in [-0.4, -0.2) is 6.54 Å². The van der Waals surface area contributed by atoms with Gasteiger partial charge in [0.25, 0.3) is 5.01 Å². The monoisotopic (exact) mass is 704 g/mol. The fraction of sp³-hybridized carbons (Fsp3) is 0.320. The SMILES string of the molecule is CCCCN1/C(=C/C=C/c2sc3ccc(Br)cc3[n+]2CCCC)Sc2ccc(Br)cc21.[I-]. The Kier molecular flexibility index (Phi) is 10.2. The van der Waals surface area contributed by atoms with Gasteiger partial charge in [-0.15, -0.1) is 0 Å². The van der Waals surface area contributed by atoms with Gasteiger partial charge in [-0.25, -0.2) is 0 Å². The van der Waals surface area contributed by atoms with Gasteiger partial charge in [0.2, 0.25) is 5.52 Å². The predicted octanol–water partition coefficient (Wildman–Crippen LogP) is 5.78. The average Bonchev–Trinajstić information content (AvgIpc) is 3.27. The van der Waals surface area contributed by atoms with E-state index in [9.17, 15) is 0 Å². The lowest BCUT2D eigenvalue weighted by molar-refractivity contribution is -0.669. The van der Waals surface area contributed by atoms with E-state index < -0.39 is 0 Å². The summed E-state index contributed by atoms with van der Waals surface area (Å²) in [7, 11) is 0. The Labute approximate surface area is 233 Å². The van der Waals surface area contributed by atoms with Gasteiger partial charge < -0.3 is 28.9 Å². The van der Waals surface area contributed by atoms with Crippen LogP contribution in [0.2, 0.25) is 0 Å². The molecule has 0 radical (unpaired) electrons. The number of nitrogens with zero attached hydrogens (tertiary/aromatic N) is 2. The predicted molar refractivity (Wildman–Crippen MR) is 144 cm³/mol. The molecule has 1 aromatic heterocycles. The molecular weight excluding hydrogens is 679 g/mol. The number of aryl methyl sites for hydroxylation is 1. The molecule has 0 amide bonds. The molecule has 0 saturated carbocycles. The molecule has 170 valence electrons. The van der Waals surface area contributed by atoms with Crippen molar-refractivity contribution in [2.75, 3.05) is 11.4 Å². The summed E-state index contributed by atoms with van der Waals surface area (Å²) in [5.74, 6) is 0. The number of fused-ring (bicyclic) bond motifs is 2. The van der Waals surface area contributed by atoms with Crippen LogP contribution in [0.15, 0.2) is 67.4 Å². The molecule has 0 aliphatic carbocycles. The van der Waals surface area contributed by atoms with Crippen molar-refractivity contribution < 1.29 is 28.5 Å². The lowest BCUT2D eigenvalue weighted by Crippen LogP contribution is -3.00. The van der Waals surface area contributed by atoms with Crippen molar-refractivity contribution in [1.29, 1.82) is 0 Å². The number of hydrogen-bond donors (Lipinski definition) is 0. The van der Waals surface area contributed by atoms with Crippen molar-refractivity contribution in [1.82, 2.24) is 0 Å². The Morgan fingerprint density at radius 2 is 1.75 bits per heavy atom. The third-order valence-corrected chi connectivity index (χ3v) is 8.58. The van der Waals surface area contributed by atoms with Gasteiger partial charge in [0.15, 0.2) is 6.54 Å². The highest BCUT2D eigenvalue weighted by molar-refractivity contribution is 9.10. The van der Waals surface area contributed by atoms with Crippen LogP contribution >= 0.6 is 55.0 Å². The number of unbranched alkanes of at least 4 members (excludes halogenated alkanes) is 2. The first kappa shape index (κ1) is 26.3. The van der Waals surface area contributed by atoms with E-state index in [0.29, 0.717) is 0 Å². The van der Waals surface area contributed by atoms with E-state index in [-0.39, 0.29) is 24.0 Å². The Balaban J connectivity index is 0.00000289. The molecule has 2 nitrogen and oxygen atoms in total. The van der Waals surface area contributed by atoms with E-state index >= 15 is 0 Å². The molecule has 1 aliphatic rings. The summed E-state index contributed by atoms with van der Waals surface area (Å²) in [6, 6.07) is 13.2. The molecule has 0 N–H and O–H groups in total. The fourth-order valence-corrected chi connectivity index (χ4v) is 6.56. The average molecular weight is 706 g/mol. The molecule has 32 heavy (non-hydrogen) atoms. The number of benzene rings is 2. The minimum Gasteiger partial charge on any atom is -1.00 e. The first-order valence-electron chi connectivity index (χ1n) is 10.9. The first-order chi connectivity index (χ1) is 15.1. The van der Waals surface area contributed by atoms with Crippen LogP contribution in [0.5, 0.6) is 0 Å². The summed E-state index contributed by atoms with van der Waals surface area (Å²) in [5.41, 5.74) is 2.63. The van der Waals surface area contributed by atoms with Gasteiger partial charge in [0, 0.05) is 38.9 Å². The third-order valence-electron chi connectivity index (χ3n) is 5.33. The Hall–Kier alpha value is -0.350. The first-order valence-corrected chi connectivity index (χ1v) is 14.1. The number of aromatic nitrogens is 1. The van der Waals surface area contributed by atoms with E-state index in [2.05, 4.69) is 110 Å². The van der Waals surface area contributed by atoms with Gasteiger partial charge in [-0.3, -0.25) is 0 Å². The maximum Gasteiger partial charge on any atom is 0.262 e. The van der Waals surface area contributed by atoms with E-state index in [0.717, 1.165) is 22.0 Å². The zero-order valence-corrected chi connectivity index (χ0v) is 25.2. The standard InChI is InChI=1S/C25H27Br2N2S2.HI/c1-3-5-14-28-20-16-18(26)10-12-22(20)30-24(28)8-7-9-25-29(15-6-4-2)21-17-19(27)11-13-23(21)31-25;/h7-13,16-17H,3-6,14-15H2,1-2H3;1H/q+1;/p-1. The molecular formula is C25H27Br2IN2S2. The number of rotatable bonds is 8. The summed E-state index contributed by atoms with van der Waals surface area (Å²) in [5, 5.41) is 2.61. The number of halogens is 3. The molecule has 0 atom stereocenters. The zero-order valence-electron chi connectivity index (χ0n) is 18.3. The van der Waals surface area contributed by atoms with Crippen molar-refractivity contribution >= 4 is 76.9 Å². The van der Waals surface area contributed by atoms with Crippen molar-refractivity contribution in [3.8, 4) is 0 Å². The van der Waals surface area contributed by atoms with Crippen LogP contribution in [0.25, 0.3) is 16.3 Å². The fourth-order valence-electron chi connectivity index (χ4n) is 3.70. The highest BCUT2D eigenvalue weighted by Crippen LogP contribution is 2.47. The number of anilines is 1. The van der Waals surface area contributed by atoms with Crippen molar-refractivity contribution in [3.05, 3.63) is 67.5 Å². The van der Waals surface area contributed by atoms with Crippen LogP contribution < -0.4 is 33.4 Å². The smallest absolute Gasteiger partial charge is 0.262 e. The highest BCUT2D eigenvalue weighted by Gasteiger charge is 2.24. The lowest BCUT2D eigenvalue weighted by atomic mass is 10.2. The highest BCUT2D eigenvalue weighted by atomic mass is 127. The summed E-state index contributed by atoms with van der Waals surface area (Å²) in [4.78, 5) is 3.80. The minimum atomic E-state index is 0.